The molecule has 0 radical (unpaired) electrons. The molecule has 0 aromatic heterocycles. The summed E-state index contributed by atoms with van der Waals surface area (Å²) in [7, 11) is -3.88. The molecule has 170 valence electrons. The van der Waals surface area contributed by atoms with Gasteiger partial charge in [0.25, 0.3) is 0 Å². The van der Waals surface area contributed by atoms with Gasteiger partial charge in [-0.2, -0.15) is 0 Å². The third kappa shape index (κ3) is 7.02. The molecule has 0 unspecified atom stereocenters. The molecule has 1 rings (SSSR count). The lowest BCUT2D eigenvalue weighted by Gasteiger charge is -2.43. The van der Waals surface area contributed by atoms with E-state index in [2.05, 4.69) is 79.2 Å². The zero-order chi connectivity index (χ0) is 22.8. The fourth-order valence-corrected chi connectivity index (χ4v) is 5.53. The van der Waals surface area contributed by atoms with Crippen LogP contribution < -0.4 is 0 Å². The Labute approximate surface area is 181 Å². The molecule has 1 aliphatic rings. The van der Waals surface area contributed by atoms with Crippen LogP contribution in [0.3, 0.4) is 0 Å². The van der Waals surface area contributed by atoms with Crippen molar-refractivity contribution in [3.63, 3.8) is 0 Å². The minimum atomic E-state index is -1.94. The summed E-state index contributed by atoms with van der Waals surface area (Å²) in [5.74, 6) is -0.317. The van der Waals surface area contributed by atoms with Crippen LogP contribution in [0.2, 0.25) is 36.3 Å². The molecule has 2 atom stereocenters. The van der Waals surface area contributed by atoms with E-state index < -0.39 is 16.6 Å². The number of likely N-dealkylation sites (tertiary alicyclic amines) is 1. The molecule has 1 fully saturated rings. The lowest BCUT2D eigenvalue weighted by molar-refractivity contribution is -0.138. The van der Waals surface area contributed by atoms with E-state index >= 15 is 0 Å². The molecule has 1 aliphatic heterocycles. The highest BCUT2D eigenvalue weighted by molar-refractivity contribution is 6.74. The van der Waals surface area contributed by atoms with Crippen LogP contribution in [0.25, 0.3) is 0 Å². The van der Waals surface area contributed by atoms with Gasteiger partial charge < -0.3 is 13.6 Å². The maximum absolute atomic E-state index is 12.0. The van der Waals surface area contributed by atoms with Gasteiger partial charge in [-0.05, 0) is 43.2 Å². The molecule has 29 heavy (non-hydrogen) atoms. The average Bonchev–Trinajstić information content (AvgIpc) is 2.85. The molecule has 0 aliphatic carbocycles. The number of carbonyl (C=O) groups excluding carboxylic acids is 1. The number of esters is 1. The van der Waals surface area contributed by atoms with Crippen LogP contribution in [0, 0.1) is 0 Å². The van der Waals surface area contributed by atoms with Gasteiger partial charge in [0, 0.05) is 25.2 Å². The van der Waals surface area contributed by atoms with E-state index in [9.17, 15) is 4.79 Å². The van der Waals surface area contributed by atoms with E-state index in [4.69, 9.17) is 13.6 Å². The predicted molar refractivity (Wildman–Crippen MR) is 126 cm³/mol. The minimum Gasteiger partial charge on any atom is -0.463 e. The summed E-state index contributed by atoms with van der Waals surface area (Å²) in [5, 5.41) is 0.271. The molecule has 1 heterocycles. The van der Waals surface area contributed by atoms with Crippen LogP contribution in [0.4, 0.5) is 0 Å². The lowest BCUT2D eigenvalue weighted by atomic mass is 10.2. The highest BCUT2D eigenvalue weighted by Crippen LogP contribution is 2.41. The first kappa shape index (κ1) is 26.6. The fraction of sp³-hybridized carbons (Fsp3) is 0.864. The van der Waals surface area contributed by atoms with E-state index in [1.165, 1.54) is 0 Å². The Bertz CT molecular complexity index is 555. The van der Waals surface area contributed by atoms with E-state index in [0.717, 1.165) is 13.1 Å². The number of rotatable bonds is 8. The molecule has 0 aromatic rings. The Morgan fingerprint density at radius 2 is 1.31 bits per heavy atom. The maximum Gasteiger partial charge on any atom is 0.334 e. The van der Waals surface area contributed by atoms with Crippen molar-refractivity contribution in [1.82, 2.24) is 4.90 Å². The van der Waals surface area contributed by atoms with Crippen molar-refractivity contribution < 1.29 is 18.4 Å². The fourth-order valence-electron chi connectivity index (χ4n) is 2.85. The molecule has 0 aromatic carbocycles. The second-order valence-electron chi connectivity index (χ2n) is 11.4. The van der Waals surface area contributed by atoms with Gasteiger partial charge in [-0.1, -0.05) is 48.1 Å². The number of nitrogens with zero attached hydrogens (tertiary/aromatic N) is 1. The summed E-state index contributed by atoms with van der Waals surface area (Å²) in [6, 6.07) is 0. The molecule has 1 saturated heterocycles. The summed E-state index contributed by atoms with van der Waals surface area (Å²) in [5.41, 5.74) is 0.492. The zero-order valence-electron chi connectivity index (χ0n) is 20.8. The summed E-state index contributed by atoms with van der Waals surface area (Å²) >= 11 is 0. The minimum absolute atomic E-state index is 0.0139. The Morgan fingerprint density at radius 1 is 0.931 bits per heavy atom. The van der Waals surface area contributed by atoms with Crippen molar-refractivity contribution in [1.29, 1.82) is 0 Å². The van der Waals surface area contributed by atoms with Crippen LogP contribution in [0.1, 0.15) is 48.5 Å². The molecular weight excluding hydrogens is 398 g/mol. The van der Waals surface area contributed by atoms with Crippen LogP contribution in [-0.2, 0) is 18.4 Å². The van der Waals surface area contributed by atoms with Gasteiger partial charge in [0.15, 0.2) is 16.6 Å². The zero-order valence-corrected chi connectivity index (χ0v) is 22.8. The first-order valence-corrected chi connectivity index (χ1v) is 16.7. The van der Waals surface area contributed by atoms with Crippen LogP contribution in [-0.4, -0.2) is 66.0 Å². The molecule has 7 heteroatoms. The van der Waals surface area contributed by atoms with Gasteiger partial charge in [-0.25, -0.2) is 4.79 Å². The Balaban J connectivity index is 3.01. The Morgan fingerprint density at radius 3 is 1.62 bits per heavy atom. The second-order valence-corrected chi connectivity index (χ2v) is 20.9. The first-order valence-electron chi connectivity index (χ1n) is 10.8. The summed E-state index contributed by atoms with van der Waals surface area (Å²) in [6.07, 6.45) is 0.0278. The van der Waals surface area contributed by atoms with E-state index in [0.29, 0.717) is 18.7 Å². The molecule has 5 nitrogen and oxygen atoms in total. The van der Waals surface area contributed by atoms with Crippen LogP contribution >= 0.6 is 0 Å². The standard InChI is InChI=1S/C22H45NO4Si2/c1-13-25-20(24)17(2)14-23-15-18(26-28(9,10)21(3,4)5)19(16-23)27-29(11,12)22(6,7)8/h18-19H,2,13-16H2,1,3-12H3/t18-,19-/m0/s1. The number of ether oxygens (including phenoxy) is 1. The number of hydrogen-bond acceptors (Lipinski definition) is 5. The molecule has 0 amide bonds. The summed E-state index contributed by atoms with van der Waals surface area (Å²) < 4.78 is 18.7. The molecule has 0 saturated carbocycles. The average molecular weight is 444 g/mol. The van der Waals surface area contributed by atoms with Gasteiger partial charge in [0.05, 0.1) is 18.8 Å². The maximum atomic E-state index is 12.0. The molecule has 0 N–H and O–H groups in total. The lowest BCUT2D eigenvalue weighted by Crippen LogP contribution is -2.51. The highest BCUT2D eigenvalue weighted by atomic mass is 28.4. The SMILES string of the molecule is C=C(CN1C[C@H](O[Si](C)(C)C(C)(C)C)[C@@H](O[Si](C)(C)C(C)(C)C)C1)C(=O)OCC. The Hall–Kier alpha value is -0.476. The van der Waals surface area contributed by atoms with Gasteiger partial charge in [-0.15, -0.1) is 0 Å². The van der Waals surface area contributed by atoms with Crippen molar-refractivity contribution >= 4 is 22.6 Å². The van der Waals surface area contributed by atoms with Gasteiger partial charge in [-0.3, -0.25) is 4.90 Å². The number of carbonyl (C=O) groups is 1. The van der Waals surface area contributed by atoms with Crippen molar-refractivity contribution in [2.45, 2.75) is 96.9 Å². The summed E-state index contributed by atoms with van der Waals surface area (Å²) in [6.45, 7) is 30.8. The second kappa shape index (κ2) is 9.34. The van der Waals surface area contributed by atoms with Gasteiger partial charge in [0.1, 0.15) is 0 Å². The normalized spacial score (nSPS) is 22.0. The topological polar surface area (TPSA) is 48.0 Å². The van der Waals surface area contributed by atoms with Crippen LogP contribution in [0.15, 0.2) is 12.2 Å². The number of hydrogen-bond donors (Lipinski definition) is 0. The van der Waals surface area contributed by atoms with E-state index in [1.54, 1.807) is 0 Å². The van der Waals surface area contributed by atoms with E-state index in [-0.39, 0.29) is 28.3 Å². The highest BCUT2D eigenvalue weighted by Gasteiger charge is 2.47. The molecular formula is C22H45NO4Si2. The van der Waals surface area contributed by atoms with Crippen molar-refractivity contribution in [2.75, 3.05) is 26.2 Å². The van der Waals surface area contributed by atoms with Gasteiger partial charge in [0.2, 0.25) is 0 Å². The summed E-state index contributed by atoms with van der Waals surface area (Å²) in [4.78, 5) is 14.2. The monoisotopic (exact) mass is 443 g/mol. The van der Waals surface area contributed by atoms with E-state index in [1.807, 2.05) is 6.92 Å². The largest absolute Gasteiger partial charge is 0.463 e. The molecule has 0 spiro atoms. The third-order valence-electron chi connectivity index (χ3n) is 6.77. The van der Waals surface area contributed by atoms with Crippen molar-refractivity contribution in [2.24, 2.45) is 0 Å². The van der Waals surface area contributed by atoms with Gasteiger partial charge >= 0.3 is 5.97 Å². The van der Waals surface area contributed by atoms with Crippen molar-refractivity contribution in [3.8, 4) is 0 Å². The van der Waals surface area contributed by atoms with Crippen LogP contribution in [0.5, 0.6) is 0 Å². The van der Waals surface area contributed by atoms with Crippen molar-refractivity contribution in [3.05, 3.63) is 12.2 Å². The Kier molecular flexibility index (Phi) is 8.56. The molecule has 0 bridgehead atoms. The smallest absolute Gasteiger partial charge is 0.334 e. The quantitative estimate of drug-likeness (QED) is 0.293. The predicted octanol–water partition coefficient (Wildman–Crippen LogP) is 5.20. The first-order chi connectivity index (χ1) is 12.9. The third-order valence-corrected chi connectivity index (χ3v) is 15.8.